The van der Waals surface area contributed by atoms with Crippen molar-refractivity contribution in [2.75, 3.05) is 26.8 Å². The zero-order chi connectivity index (χ0) is 14.1. The highest BCUT2D eigenvalue weighted by molar-refractivity contribution is 5.24. The van der Waals surface area contributed by atoms with Gasteiger partial charge in [-0.3, -0.25) is 4.68 Å². The van der Waals surface area contributed by atoms with Gasteiger partial charge in [0.1, 0.15) is 0 Å². The van der Waals surface area contributed by atoms with E-state index >= 15 is 0 Å². The van der Waals surface area contributed by atoms with E-state index in [-0.39, 0.29) is 0 Å². The van der Waals surface area contributed by atoms with E-state index in [2.05, 4.69) is 34.9 Å². The number of terminal acetylenes is 1. The molecule has 0 bridgehead atoms. The monoisotopic (exact) mass is 263 g/mol. The first-order chi connectivity index (χ1) is 9.20. The molecule has 19 heavy (non-hydrogen) atoms. The molecule has 0 radical (unpaired) electrons. The van der Waals surface area contributed by atoms with Crippen molar-refractivity contribution in [1.82, 2.24) is 15.1 Å². The van der Waals surface area contributed by atoms with Crippen molar-refractivity contribution in [3.63, 3.8) is 0 Å². The summed E-state index contributed by atoms with van der Waals surface area (Å²) in [5.41, 5.74) is 3.75. The molecule has 0 saturated carbocycles. The molecule has 0 aliphatic carbocycles. The standard InChI is InChI=1S/C15H25N3O/c1-5-6-7-11-18-14(3)15(13(2)17-18)8-9-16-10-12-19-4/h1,16H,6-12H2,2-4H3. The Hall–Kier alpha value is -1.31. The minimum atomic E-state index is 0.753. The molecular formula is C15H25N3O. The number of aromatic nitrogens is 2. The maximum Gasteiger partial charge on any atom is 0.0628 e. The van der Waals surface area contributed by atoms with Crippen molar-refractivity contribution in [1.29, 1.82) is 0 Å². The van der Waals surface area contributed by atoms with Crippen LogP contribution in [0.15, 0.2) is 0 Å². The summed E-state index contributed by atoms with van der Waals surface area (Å²) in [7, 11) is 1.72. The summed E-state index contributed by atoms with van der Waals surface area (Å²) in [6.07, 6.45) is 8.09. The quantitative estimate of drug-likeness (QED) is 0.544. The van der Waals surface area contributed by atoms with Gasteiger partial charge in [0, 0.05) is 32.3 Å². The molecule has 1 aromatic rings. The van der Waals surface area contributed by atoms with E-state index in [1.165, 1.54) is 11.3 Å². The van der Waals surface area contributed by atoms with E-state index in [1.807, 2.05) is 0 Å². The average molecular weight is 263 g/mol. The highest BCUT2D eigenvalue weighted by Crippen LogP contribution is 2.14. The Kier molecular flexibility index (Phi) is 7.24. The van der Waals surface area contributed by atoms with E-state index in [0.717, 1.165) is 51.2 Å². The number of unbranched alkanes of at least 4 members (excludes halogenated alkanes) is 1. The van der Waals surface area contributed by atoms with Crippen molar-refractivity contribution in [2.45, 2.75) is 39.7 Å². The van der Waals surface area contributed by atoms with Gasteiger partial charge in [0.2, 0.25) is 0 Å². The number of ether oxygens (including phenoxy) is 1. The second-order valence-electron chi connectivity index (χ2n) is 4.67. The summed E-state index contributed by atoms with van der Waals surface area (Å²) in [5, 5.41) is 7.95. The summed E-state index contributed by atoms with van der Waals surface area (Å²) in [6.45, 7) is 7.73. The first kappa shape index (κ1) is 15.7. The maximum atomic E-state index is 5.27. The predicted molar refractivity (Wildman–Crippen MR) is 78.2 cm³/mol. The van der Waals surface area contributed by atoms with Gasteiger partial charge in [0.25, 0.3) is 0 Å². The molecule has 0 amide bonds. The number of nitrogens with one attached hydrogen (secondary N) is 1. The Balaban J connectivity index is 2.47. The zero-order valence-corrected chi connectivity index (χ0v) is 12.3. The largest absolute Gasteiger partial charge is 0.383 e. The van der Waals surface area contributed by atoms with Crippen molar-refractivity contribution in [2.24, 2.45) is 0 Å². The topological polar surface area (TPSA) is 39.1 Å². The molecule has 0 saturated heterocycles. The molecule has 0 unspecified atom stereocenters. The van der Waals surface area contributed by atoms with Gasteiger partial charge >= 0.3 is 0 Å². The molecule has 0 aromatic carbocycles. The van der Waals surface area contributed by atoms with Crippen LogP contribution < -0.4 is 5.32 Å². The molecule has 0 aliphatic heterocycles. The SMILES string of the molecule is C#CCCCn1nc(C)c(CCNCCOC)c1C. The van der Waals surface area contributed by atoms with Crippen molar-refractivity contribution in [3.8, 4) is 12.3 Å². The van der Waals surface area contributed by atoms with Crippen LogP contribution in [0.2, 0.25) is 0 Å². The van der Waals surface area contributed by atoms with Crippen molar-refractivity contribution >= 4 is 0 Å². The van der Waals surface area contributed by atoms with Crippen LogP contribution in [0.4, 0.5) is 0 Å². The van der Waals surface area contributed by atoms with Crippen LogP contribution in [0.1, 0.15) is 29.8 Å². The first-order valence-corrected chi connectivity index (χ1v) is 6.86. The Morgan fingerprint density at radius 3 is 2.84 bits per heavy atom. The van der Waals surface area contributed by atoms with Crippen LogP contribution in [-0.4, -0.2) is 36.6 Å². The molecule has 1 aromatic heterocycles. The molecule has 4 heteroatoms. The molecule has 1 heterocycles. The smallest absolute Gasteiger partial charge is 0.0628 e. The fraction of sp³-hybridized carbons (Fsp3) is 0.667. The van der Waals surface area contributed by atoms with E-state index in [0.29, 0.717) is 0 Å². The van der Waals surface area contributed by atoms with Crippen LogP contribution in [0.25, 0.3) is 0 Å². The molecule has 4 nitrogen and oxygen atoms in total. The summed E-state index contributed by atoms with van der Waals surface area (Å²) in [5.74, 6) is 2.67. The lowest BCUT2D eigenvalue weighted by atomic mass is 10.1. The van der Waals surface area contributed by atoms with Gasteiger partial charge in [-0.05, 0) is 38.8 Å². The number of aryl methyl sites for hydroxylation is 2. The predicted octanol–water partition coefficient (Wildman–Crippen LogP) is 1.69. The summed E-state index contributed by atoms with van der Waals surface area (Å²) < 4.78 is 7.09. The van der Waals surface area contributed by atoms with Gasteiger partial charge in [-0.1, -0.05) is 0 Å². The summed E-state index contributed by atoms with van der Waals surface area (Å²) >= 11 is 0. The van der Waals surface area contributed by atoms with Crippen molar-refractivity contribution < 1.29 is 4.74 Å². The van der Waals surface area contributed by atoms with Crippen LogP contribution in [-0.2, 0) is 17.7 Å². The minimum absolute atomic E-state index is 0.753. The lowest BCUT2D eigenvalue weighted by molar-refractivity contribution is 0.199. The van der Waals surface area contributed by atoms with Gasteiger partial charge in [-0.25, -0.2) is 0 Å². The average Bonchev–Trinajstić information content (AvgIpc) is 2.66. The molecular weight excluding hydrogens is 238 g/mol. The number of nitrogens with zero attached hydrogens (tertiary/aromatic N) is 2. The third-order valence-corrected chi connectivity index (χ3v) is 3.26. The number of hydrogen-bond acceptors (Lipinski definition) is 3. The maximum absolute atomic E-state index is 5.27. The molecule has 0 aliphatic rings. The molecule has 1 rings (SSSR count). The van der Waals surface area contributed by atoms with Crippen LogP contribution >= 0.6 is 0 Å². The lowest BCUT2D eigenvalue weighted by Gasteiger charge is -2.06. The lowest BCUT2D eigenvalue weighted by Crippen LogP contribution is -2.22. The molecule has 0 atom stereocenters. The highest BCUT2D eigenvalue weighted by atomic mass is 16.5. The molecule has 0 fully saturated rings. The normalized spacial score (nSPS) is 10.6. The van der Waals surface area contributed by atoms with Gasteiger partial charge in [0.15, 0.2) is 0 Å². The zero-order valence-electron chi connectivity index (χ0n) is 12.3. The number of hydrogen-bond donors (Lipinski definition) is 1. The van der Waals surface area contributed by atoms with Crippen LogP contribution in [0.5, 0.6) is 0 Å². The van der Waals surface area contributed by atoms with Crippen molar-refractivity contribution in [3.05, 3.63) is 17.0 Å². The van der Waals surface area contributed by atoms with Gasteiger partial charge in [0.05, 0.1) is 12.3 Å². The van der Waals surface area contributed by atoms with E-state index < -0.39 is 0 Å². The Morgan fingerprint density at radius 2 is 2.16 bits per heavy atom. The fourth-order valence-corrected chi connectivity index (χ4v) is 2.16. The van der Waals surface area contributed by atoms with Crippen LogP contribution in [0.3, 0.4) is 0 Å². The summed E-state index contributed by atoms with van der Waals surface area (Å²) in [4.78, 5) is 0. The number of rotatable bonds is 9. The second-order valence-corrected chi connectivity index (χ2v) is 4.67. The Bertz CT molecular complexity index is 418. The van der Waals surface area contributed by atoms with Crippen LogP contribution in [0, 0.1) is 26.2 Å². The Morgan fingerprint density at radius 1 is 1.37 bits per heavy atom. The molecule has 1 N–H and O–H groups in total. The van der Waals surface area contributed by atoms with Gasteiger partial charge in [-0.15, -0.1) is 12.3 Å². The highest BCUT2D eigenvalue weighted by Gasteiger charge is 2.10. The fourth-order valence-electron chi connectivity index (χ4n) is 2.16. The van der Waals surface area contributed by atoms with E-state index in [9.17, 15) is 0 Å². The Labute approximate surface area is 116 Å². The van der Waals surface area contributed by atoms with E-state index in [4.69, 9.17) is 11.2 Å². The summed E-state index contributed by atoms with van der Waals surface area (Å²) in [6, 6.07) is 0. The molecule has 106 valence electrons. The second kappa shape index (κ2) is 8.73. The first-order valence-electron chi connectivity index (χ1n) is 6.86. The third kappa shape index (κ3) is 5.06. The molecule has 0 spiro atoms. The van der Waals surface area contributed by atoms with E-state index in [1.54, 1.807) is 7.11 Å². The third-order valence-electron chi connectivity index (χ3n) is 3.26. The van der Waals surface area contributed by atoms with Gasteiger partial charge < -0.3 is 10.1 Å². The van der Waals surface area contributed by atoms with Gasteiger partial charge in [-0.2, -0.15) is 5.10 Å². The number of methoxy groups -OCH3 is 1. The minimum Gasteiger partial charge on any atom is -0.383 e.